The summed E-state index contributed by atoms with van der Waals surface area (Å²) in [6.07, 6.45) is 5.30. The third-order valence-corrected chi connectivity index (χ3v) is 3.45. The van der Waals surface area contributed by atoms with Crippen LogP contribution in [0, 0.1) is 0 Å². The first-order valence-electron chi connectivity index (χ1n) is 5.58. The van der Waals surface area contributed by atoms with E-state index in [1.54, 1.807) is 16.7 Å². The van der Waals surface area contributed by atoms with Gasteiger partial charge in [0.15, 0.2) is 0 Å². The quantitative estimate of drug-likeness (QED) is 0.692. The van der Waals surface area contributed by atoms with E-state index in [0.29, 0.717) is 6.42 Å². The molecule has 0 spiro atoms. The summed E-state index contributed by atoms with van der Waals surface area (Å²) in [6.45, 7) is 1.46. The molecule has 0 aliphatic heterocycles. The first kappa shape index (κ1) is 13.4. The molecular weight excluding hydrogens is 226 g/mol. The van der Waals surface area contributed by atoms with Gasteiger partial charge in [0.2, 0.25) is 5.91 Å². The van der Waals surface area contributed by atoms with Crippen molar-refractivity contribution in [1.82, 2.24) is 4.90 Å². The van der Waals surface area contributed by atoms with Crippen molar-refractivity contribution < 1.29 is 14.7 Å². The molecule has 0 aromatic heterocycles. The summed E-state index contributed by atoms with van der Waals surface area (Å²) in [6, 6.07) is -0.454. The molecule has 5 heteroatoms. The lowest BCUT2D eigenvalue weighted by Gasteiger charge is -2.27. The molecule has 1 saturated carbocycles. The maximum atomic E-state index is 11.5. The Labute approximate surface area is 100 Å². The highest BCUT2D eigenvalue weighted by molar-refractivity contribution is 7.98. The first-order valence-corrected chi connectivity index (χ1v) is 6.98. The summed E-state index contributed by atoms with van der Waals surface area (Å²) in [7, 11) is 0. The highest BCUT2D eigenvalue weighted by Gasteiger charge is 2.38. The second kappa shape index (κ2) is 6.13. The van der Waals surface area contributed by atoms with E-state index in [1.807, 2.05) is 6.26 Å². The zero-order valence-corrected chi connectivity index (χ0v) is 10.6. The number of carboxylic acids is 1. The van der Waals surface area contributed by atoms with E-state index in [0.717, 1.165) is 25.0 Å². The minimum Gasteiger partial charge on any atom is -0.480 e. The van der Waals surface area contributed by atoms with Gasteiger partial charge in [-0.25, -0.2) is 4.79 Å². The van der Waals surface area contributed by atoms with Crippen molar-refractivity contribution in [3.05, 3.63) is 0 Å². The Balaban J connectivity index is 2.58. The highest BCUT2D eigenvalue weighted by Crippen LogP contribution is 2.30. The second-order valence-corrected chi connectivity index (χ2v) is 5.13. The Kier molecular flexibility index (Phi) is 5.12. The molecule has 0 heterocycles. The predicted octanol–water partition coefficient (Wildman–Crippen LogP) is 1.59. The molecule has 0 saturated heterocycles. The fourth-order valence-corrected chi connectivity index (χ4v) is 2.34. The number of thioether (sulfide) groups is 1. The lowest BCUT2D eigenvalue weighted by molar-refractivity contribution is -0.150. The van der Waals surface area contributed by atoms with Crippen LogP contribution in [0.3, 0.4) is 0 Å². The smallest absolute Gasteiger partial charge is 0.326 e. The van der Waals surface area contributed by atoms with E-state index < -0.39 is 12.0 Å². The second-order valence-electron chi connectivity index (χ2n) is 4.15. The van der Waals surface area contributed by atoms with Crippen molar-refractivity contribution in [3.8, 4) is 0 Å². The zero-order chi connectivity index (χ0) is 12.1. The van der Waals surface area contributed by atoms with Crippen LogP contribution in [0.1, 0.15) is 32.6 Å². The van der Waals surface area contributed by atoms with Crippen molar-refractivity contribution in [2.45, 2.75) is 44.7 Å². The molecule has 92 valence electrons. The summed E-state index contributed by atoms with van der Waals surface area (Å²) in [4.78, 5) is 24.2. The van der Waals surface area contributed by atoms with E-state index in [9.17, 15) is 9.59 Å². The van der Waals surface area contributed by atoms with Gasteiger partial charge in [-0.1, -0.05) is 0 Å². The van der Waals surface area contributed by atoms with Gasteiger partial charge in [-0.2, -0.15) is 11.8 Å². The summed E-state index contributed by atoms with van der Waals surface area (Å²) in [5.74, 6) is -0.0394. The number of amides is 1. The fourth-order valence-electron chi connectivity index (χ4n) is 1.89. The average Bonchev–Trinajstić information content (AvgIpc) is 2.99. The third kappa shape index (κ3) is 3.70. The molecule has 1 aliphatic rings. The van der Waals surface area contributed by atoms with Gasteiger partial charge >= 0.3 is 5.97 Å². The minimum absolute atomic E-state index is 0.112. The number of hydrogen-bond acceptors (Lipinski definition) is 3. The van der Waals surface area contributed by atoms with Crippen LogP contribution in [-0.4, -0.2) is 46.0 Å². The Morgan fingerprint density at radius 1 is 1.50 bits per heavy atom. The van der Waals surface area contributed by atoms with Gasteiger partial charge < -0.3 is 10.0 Å². The van der Waals surface area contributed by atoms with Crippen LogP contribution >= 0.6 is 11.8 Å². The van der Waals surface area contributed by atoms with Gasteiger partial charge in [-0.05, 0) is 37.7 Å². The summed E-state index contributed by atoms with van der Waals surface area (Å²) in [5, 5.41) is 9.17. The Morgan fingerprint density at radius 2 is 2.12 bits per heavy atom. The van der Waals surface area contributed by atoms with E-state index in [4.69, 9.17) is 5.11 Å². The van der Waals surface area contributed by atoms with Crippen molar-refractivity contribution >= 4 is 23.6 Å². The van der Waals surface area contributed by atoms with Crippen LogP contribution < -0.4 is 0 Å². The Hall–Kier alpha value is -0.710. The molecular formula is C11H19NO3S. The minimum atomic E-state index is -0.872. The molecule has 1 amide bonds. The van der Waals surface area contributed by atoms with Crippen LogP contribution in [0.2, 0.25) is 0 Å². The number of carbonyl (C=O) groups is 2. The molecule has 1 rings (SSSR count). The number of carboxylic acid groups (broad SMARTS) is 1. The number of rotatable bonds is 7. The van der Waals surface area contributed by atoms with Gasteiger partial charge in [-0.15, -0.1) is 0 Å². The van der Waals surface area contributed by atoms with Crippen molar-refractivity contribution in [2.75, 3.05) is 12.0 Å². The normalized spacial score (nSPS) is 16.9. The lowest BCUT2D eigenvalue weighted by Crippen LogP contribution is -2.45. The monoisotopic (exact) mass is 245 g/mol. The molecule has 1 aliphatic carbocycles. The van der Waals surface area contributed by atoms with Gasteiger partial charge in [0.05, 0.1) is 0 Å². The summed E-state index contributed by atoms with van der Waals surface area (Å²) >= 11 is 1.70. The molecule has 0 radical (unpaired) electrons. The number of hydrogen-bond donors (Lipinski definition) is 1. The number of nitrogens with zero attached hydrogens (tertiary/aromatic N) is 1. The van der Waals surface area contributed by atoms with Gasteiger partial charge in [-0.3, -0.25) is 4.79 Å². The molecule has 0 aromatic carbocycles. The van der Waals surface area contributed by atoms with E-state index in [1.165, 1.54) is 6.92 Å². The highest BCUT2D eigenvalue weighted by atomic mass is 32.2. The predicted molar refractivity (Wildman–Crippen MR) is 64.6 cm³/mol. The first-order chi connectivity index (χ1) is 7.57. The van der Waals surface area contributed by atoms with Crippen molar-refractivity contribution in [1.29, 1.82) is 0 Å². The number of aliphatic carboxylic acids is 1. The standard InChI is InChI=1S/C11H19NO3S/c1-8(13)12(9-5-6-9)10(11(14)15)4-3-7-16-2/h9-10H,3-7H2,1-2H3,(H,14,15). The molecule has 1 atom stereocenters. The molecule has 4 nitrogen and oxygen atoms in total. The van der Waals surface area contributed by atoms with Crippen molar-refractivity contribution in [3.63, 3.8) is 0 Å². The molecule has 1 unspecified atom stereocenters. The van der Waals surface area contributed by atoms with Crippen LogP contribution in [0.5, 0.6) is 0 Å². The van der Waals surface area contributed by atoms with E-state index >= 15 is 0 Å². The fraction of sp³-hybridized carbons (Fsp3) is 0.818. The molecule has 16 heavy (non-hydrogen) atoms. The van der Waals surface area contributed by atoms with Gasteiger partial charge in [0, 0.05) is 13.0 Å². The molecule has 1 N–H and O–H groups in total. The summed E-state index contributed by atoms with van der Waals surface area (Å²) < 4.78 is 0. The topological polar surface area (TPSA) is 57.6 Å². The van der Waals surface area contributed by atoms with Crippen LogP contribution in [-0.2, 0) is 9.59 Å². The SMILES string of the molecule is CSCCCC(C(=O)O)N(C(C)=O)C1CC1. The van der Waals surface area contributed by atoms with Crippen LogP contribution in [0.25, 0.3) is 0 Å². The van der Waals surface area contributed by atoms with Crippen LogP contribution in [0.15, 0.2) is 0 Å². The molecule has 0 bridgehead atoms. The Morgan fingerprint density at radius 3 is 2.50 bits per heavy atom. The van der Waals surface area contributed by atoms with E-state index in [2.05, 4.69) is 0 Å². The molecule has 0 aromatic rings. The third-order valence-electron chi connectivity index (χ3n) is 2.75. The largest absolute Gasteiger partial charge is 0.480 e. The maximum absolute atomic E-state index is 11.5. The van der Waals surface area contributed by atoms with Gasteiger partial charge in [0.25, 0.3) is 0 Å². The van der Waals surface area contributed by atoms with E-state index in [-0.39, 0.29) is 11.9 Å². The van der Waals surface area contributed by atoms with Crippen LogP contribution in [0.4, 0.5) is 0 Å². The molecule has 1 fully saturated rings. The lowest BCUT2D eigenvalue weighted by atomic mass is 10.1. The Bertz CT molecular complexity index is 266. The number of carbonyl (C=O) groups excluding carboxylic acids is 1. The van der Waals surface area contributed by atoms with Crippen molar-refractivity contribution in [2.24, 2.45) is 0 Å². The zero-order valence-electron chi connectivity index (χ0n) is 9.81. The van der Waals surface area contributed by atoms with Gasteiger partial charge in [0.1, 0.15) is 6.04 Å². The maximum Gasteiger partial charge on any atom is 0.326 e. The average molecular weight is 245 g/mol. The summed E-state index contributed by atoms with van der Waals surface area (Å²) in [5.41, 5.74) is 0.